The number of ether oxygens (including phenoxy) is 1. The number of anilines is 4. The Bertz CT molecular complexity index is 1440. The van der Waals surface area contributed by atoms with Gasteiger partial charge in [-0.3, -0.25) is 9.59 Å². The van der Waals surface area contributed by atoms with E-state index in [9.17, 15) is 35.9 Å². The maximum absolute atomic E-state index is 13.7. The van der Waals surface area contributed by atoms with Gasteiger partial charge in [0, 0.05) is 39.0 Å². The number of carboxylic acids is 1. The van der Waals surface area contributed by atoms with E-state index in [0.29, 0.717) is 23.2 Å². The minimum absolute atomic E-state index is 0.0860. The number of halogens is 6. The first kappa shape index (κ1) is 33.2. The van der Waals surface area contributed by atoms with E-state index in [1.165, 1.54) is 43.3 Å². The molecular formula is C26H25F6N5O5. The maximum atomic E-state index is 13.7. The Morgan fingerprint density at radius 1 is 0.905 bits per heavy atom. The van der Waals surface area contributed by atoms with Gasteiger partial charge < -0.3 is 30.7 Å². The van der Waals surface area contributed by atoms with Gasteiger partial charge in [-0.1, -0.05) is 12.1 Å². The molecule has 0 aliphatic heterocycles. The SMILES string of the molecule is CNC(=O)c1ccccc1Nc1cc(Nc2ccc(C(=O)N(C)C)cc2OC)ncc1C(F)(F)F.O=C(O)C(F)(F)F. The van der Waals surface area contributed by atoms with Crippen LogP contribution >= 0.6 is 0 Å². The number of carbonyl (C=O) groups excluding carboxylic acids is 2. The highest BCUT2D eigenvalue weighted by atomic mass is 19.4. The summed E-state index contributed by atoms with van der Waals surface area (Å²) < 4.78 is 78.2. The topological polar surface area (TPSA) is 133 Å². The minimum Gasteiger partial charge on any atom is -0.495 e. The molecule has 10 nitrogen and oxygen atoms in total. The molecule has 3 rings (SSSR count). The van der Waals surface area contributed by atoms with Crippen molar-refractivity contribution >= 4 is 40.7 Å². The van der Waals surface area contributed by atoms with E-state index >= 15 is 0 Å². The number of aliphatic carboxylic acids is 1. The van der Waals surface area contributed by atoms with Crippen LogP contribution in [0, 0.1) is 0 Å². The lowest BCUT2D eigenvalue weighted by atomic mass is 10.1. The monoisotopic (exact) mass is 601 g/mol. The van der Waals surface area contributed by atoms with Crippen LogP contribution in [0.15, 0.2) is 54.7 Å². The number of hydrogen-bond acceptors (Lipinski definition) is 7. The molecule has 0 atom stereocenters. The van der Waals surface area contributed by atoms with Gasteiger partial charge in [0.05, 0.1) is 35.3 Å². The molecule has 0 radical (unpaired) electrons. The van der Waals surface area contributed by atoms with Gasteiger partial charge in [-0.15, -0.1) is 0 Å². The molecule has 4 N–H and O–H groups in total. The molecule has 0 bridgehead atoms. The predicted molar refractivity (Wildman–Crippen MR) is 140 cm³/mol. The van der Waals surface area contributed by atoms with Crippen LogP contribution < -0.4 is 20.7 Å². The lowest BCUT2D eigenvalue weighted by Crippen LogP contribution is -2.21. The Morgan fingerprint density at radius 3 is 2.05 bits per heavy atom. The number of carboxylic acid groups (broad SMARTS) is 1. The molecule has 2 aromatic carbocycles. The molecule has 0 spiro atoms. The predicted octanol–water partition coefficient (Wildman–Crippen LogP) is 5.29. The van der Waals surface area contributed by atoms with E-state index in [0.717, 1.165) is 0 Å². The zero-order valence-electron chi connectivity index (χ0n) is 22.4. The summed E-state index contributed by atoms with van der Waals surface area (Å²) in [6.07, 6.45) is -9.08. The molecule has 0 fully saturated rings. The Labute approximate surface area is 235 Å². The van der Waals surface area contributed by atoms with E-state index in [2.05, 4.69) is 20.9 Å². The fourth-order valence-corrected chi connectivity index (χ4v) is 3.25. The summed E-state index contributed by atoms with van der Waals surface area (Å²) in [5.74, 6) is -3.05. The Hall–Kier alpha value is -5.02. The van der Waals surface area contributed by atoms with Crippen molar-refractivity contribution in [3.8, 4) is 5.75 Å². The van der Waals surface area contributed by atoms with E-state index in [1.807, 2.05) is 0 Å². The van der Waals surface area contributed by atoms with Crippen molar-refractivity contribution in [3.63, 3.8) is 0 Å². The normalized spacial score (nSPS) is 11.0. The number of rotatable bonds is 7. The van der Waals surface area contributed by atoms with Gasteiger partial charge in [0.1, 0.15) is 11.6 Å². The van der Waals surface area contributed by atoms with Crippen LogP contribution in [0.4, 0.5) is 49.2 Å². The Kier molecular flexibility index (Phi) is 10.7. The van der Waals surface area contributed by atoms with E-state index in [4.69, 9.17) is 14.6 Å². The fourth-order valence-electron chi connectivity index (χ4n) is 3.25. The van der Waals surface area contributed by atoms with Crippen LogP contribution in [0.3, 0.4) is 0 Å². The smallest absolute Gasteiger partial charge is 0.490 e. The van der Waals surface area contributed by atoms with Crippen molar-refractivity contribution in [2.45, 2.75) is 12.4 Å². The molecule has 42 heavy (non-hydrogen) atoms. The van der Waals surface area contributed by atoms with Gasteiger partial charge in [-0.2, -0.15) is 26.3 Å². The second kappa shape index (κ2) is 13.6. The van der Waals surface area contributed by atoms with Gasteiger partial charge in [-0.25, -0.2) is 9.78 Å². The fraction of sp³-hybridized carbons (Fsp3) is 0.231. The molecule has 0 unspecified atom stereocenters. The van der Waals surface area contributed by atoms with E-state index in [1.54, 1.807) is 38.4 Å². The third kappa shape index (κ3) is 8.74. The number of nitrogens with one attached hydrogen (secondary N) is 3. The number of nitrogens with zero attached hydrogens (tertiary/aromatic N) is 2. The highest BCUT2D eigenvalue weighted by Crippen LogP contribution is 2.38. The highest BCUT2D eigenvalue weighted by Gasteiger charge is 2.38. The number of amides is 2. The zero-order chi connectivity index (χ0) is 31.8. The van der Waals surface area contributed by atoms with Crippen LogP contribution in [0.25, 0.3) is 0 Å². The van der Waals surface area contributed by atoms with E-state index < -0.39 is 29.8 Å². The average Bonchev–Trinajstić information content (AvgIpc) is 2.92. The first-order valence-electron chi connectivity index (χ1n) is 11.6. The second-order valence-corrected chi connectivity index (χ2v) is 8.41. The highest BCUT2D eigenvalue weighted by molar-refractivity contribution is 6.00. The van der Waals surface area contributed by atoms with Gasteiger partial charge >= 0.3 is 18.3 Å². The molecule has 1 heterocycles. The van der Waals surface area contributed by atoms with E-state index in [-0.39, 0.29) is 28.7 Å². The van der Waals surface area contributed by atoms with Crippen molar-refractivity contribution in [2.24, 2.45) is 0 Å². The number of para-hydroxylation sites is 1. The Morgan fingerprint density at radius 2 is 1.52 bits per heavy atom. The number of alkyl halides is 6. The third-order valence-electron chi connectivity index (χ3n) is 5.24. The first-order chi connectivity index (χ1) is 19.5. The zero-order valence-corrected chi connectivity index (χ0v) is 22.4. The second-order valence-electron chi connectivity index (χ2n) is 8.41. The summed E-state index contributed by atoms with van der Waals surface area (Å²) in [6, 6.07) is 12.0. The number of benzene rings is 2. The maximum Gasteiger partial charge on any atom is 0.490 e. The number of pyridine rings is 1. The summed E-state index contributed by atoms with van der Waals surface area (Å²) in [6.45, 7) is 0. The first-order valence-corrected chi connectivity index (χ1v) is 11.6. The van der Waals surface area contributed by atoms with Crippen molar-refractivity contribution in [1.82, 2.24) is 15.2 Å². The molecular weight excluding hydrogens is 576 g/mol. The van der Waals surface area contributed by atoms with Crippen molar-refractivity contribution in [1.29, 1.82) is 0 Å². The average molecular weight is 602 g/mol. The van der Waals surface area contributed by atoms with Crippen LogP contribution in [0.2, 0.25) is 0 Å². The summed E-state index contributed by atoms with van der Waals surface area (Å²) in [4.78, 5) is 38.6. The van der Waals surface area contributed by atoms with Crippen molar-refractivity contribution in [2.75, 3.05) is 38.9 Å². The number of hydrogen-bond donors (Lipinski definition) is 4. The van der Waals surface area contributed by atoms with Crippen molar-refractivity contribution < 1.29 is 50.6 Å². The lowest BCUT2D eigenvalue weighted by Gasteiger charge is -2.18. The summed E-state index contributed by atoms with van der Waals surface area (Å²) in [5.41, 5.74) is -0.160. The van der Waals surface area contributed by atoms with Crippen LogP contribution in [0.1, 0.15) is 26.3 Å². The van der Waals surface area contributed by atoms with Crippen LogP contribution in [-0.4, -0.2) is 67.2 Å². The van der Waals surface area contributed by atoms with Crippen molar-refractivity contribution in [3.05, 3.63) is 71.4 Å². The third-order valence-corrected chi connectivity index (χ3v) is 5.24. The van der Waals surface area contributed by atoms with Crippen LogP contribution in [0.5, 0.6) is 5.75 Å². The molecule has 0 aliphatic carbocycles. The van der Waals surface area contributed by atoms with Gasteiger partial charge in [0.15, 0.2) is 0 Å². The molecule has 0 saturated heterocycles. The number of carbonyl (C=O) groups is 3. The molecule has 2 amide bonds. The summed E-state index contributed by atoms with van der Waals surface area (Å²) in [7, 11) is 6.07. The Balaban J connectivity index is 0.000000782. The lowest BCUT2D eigenvalue weighted by molar-refractivity contribution is -0.192. The van der Waals surface area contributed by atoms with Gasteiger partial charge in [-0.05, 0) is 30.3 Å². The summed E-state index contributed by atoms with van der Waals surface area (Å²) in [5, 5.41) is 15.2. The molecule has 1 aromatic heterocycles. The molecule has 0 saturated carbocycles. The van der Waals surface area contributed by atoms with Gasteiger partial charge in [0.25, 0.3) is 11.8 Å². The summed E-state index contributed by atoms with van der Waals surface area (Å²) >= 11 is 0. The largest absolute Gasteiger partial charge is 0.495 e. The molecule has 0 aliphatic rings. The molecule has 3 aromatic rings. The molecule has 16 heteroatoms. The quantitative estimate of drug-likeness (QED) is 0.269. The van der Waals surface area contributed by atoms with Gasteiger partial charge in [0.2, 0.25) is 0 Å². The number of aromatic nitrogens is 1. The number of methoxy groups -OCH3 is 1. The standard InChI is InChI=1S/C24H24F3N5O3.C2HF3O2/c1-28-22(33)15-7-5-6-8-17(15)30-19-12-21(29-13-16(19)24(25,26)27)31-18-10-9-14(11-20(18)35-4)23(34)32(2)3;3-2(4,5)1(6)7/h5-13H,1-4H3,(H,28,33)(H2,29,30,31);(H,6,7). The molecule has 226 valence electrons. The minimum atomic E-state index is -5.08. The van der Waals surface area contributed by atoms with Crippen LogP contribution in [-0.2, 0) is 11.0 Å².